The van der Waals surface area contributed by atoms with E-state index in [1.165, 1.54) is 30.4 Å². The van der Waals surface area contributed by atoms with Crippen LogP contribution in [0.1, 0.15) is 49.8 Å². The molecule has 2 fully saturated rings. The molecule has 0 spiro atoms. The number of likely N-dealkylation sites (tertiary alicyclic amines) is 1. The number of rotatable bonds is 7. The number of hydrogen-bond donors (Lipinski definition) is 1. The van der Waals surface area contributed by atoms with Crippen LogP contribution < -0.4 is 4.72 Å². The molecule has 1 saturated carbocycles. The maximum atomic E-state index is 11.6. The number of nitrogens with one attached hydrogen (secondary N) is 1. The van der Waals surface area contributed by atoms with Crippen molar-refractivity contribution in [3.63, 3.8) is 0 Å². The Morgan fingerprint density at radius 2 is 2.09 bits per heavy atom. The summed E-state index contributed by atoms with van der Waals surface area (Å²) in [7, 11) is -1.13. The Bertz CT molecular complexity index is 651. The van der Waals surface area contributed by atoms with Crippen molar-refractivity contribution in [1.82, 2.24) is 19.4 Å². The summed E-state index contributed by atoms with van der Waals surface area (Å²) in [6, 6.07) is 0.0333. The van der Waals surface area contributed by atoms with E-state index in [4.69, 9.17) is 0 Å². The minimum absolute atomic E-state index is 0.0333. The standard InChI is InChI=1S/C16H28N4O2S/c1-4-5-13-9-20(11-15(13)18-23(3,21)22)10-14-8-17-19(2)16(14)12-6-7-12/h8,12-13,15,18H,4-7,9-11H2,1-3H3/t13-,15-/m1/s1. The highest BCUT2D eigenvalue weighted by atomic mass is 32.2. The monoisotopic (exact) mass is 340 g/mol. The SMILES string of the molecule is CCC[C@@H]1CN(Cc2cnn(C)c2C2CC2)C[C@H]1NS(C)(=O)=O. The lowest BCUT2D eigenvalue weighted by Crippen LogP contribution is -2.39. The van der Waals surface area contributed by atoms with Gasteiger partial charge in [0.15, 0.2) is 0 Å². The van der Waals surface area contributed by atoms with Crippen molar-refractivity contribution in [2.45, 2.75) is 51.1 Å². The summed E-state index contributed by atoms with van der Waals surface area (Å²) < 4.78 is 28.1. The predicted molar refractivity (Wildman–Crippen MR) is 90.6 cm³/mol. The van der Waals surface area contributed by atoms with Gasteiger partial charge in [-0.25, -0.2) is 13.1 Å². The van der Waals surface area contributed by atoms with Gasteiger partial charge in [-0.05, 0) is 25.2 Å². The minimum atomic E-state index is -3.16. The largest absolute Gasteiger partial charge is 0.297 e. The third kappa shape index (κ3) is 4.14. The first-order chi connectivity index (χ1) is 10.9. The van der Waals surface area contributed by atoms with Gasteiger partial charge in [0.1, 0.15) is 0 Å². The van der Waals surface area contributed by atoms with Gasteiger partial charge in [-0.15, -0.1) is 0 Å². The number of sulfonamides is 1. The highest BCUT2D eigenvalue weighted by Crippen LogP contribution is 2.41. The lowest BCUT2D eigenvalue weighted by atomic mass is 9.99. The van der Waals surface area contributed by atoms with E-state index >= 15 is 0 Å². The predicted octanol–water partition coefficient (Wildman–Crippen LogP) is 1.45. The third-order valence-electron chi connectivity index (χ3n) is 4.96. The average Bonchev–Trinajstić information content (AvgIpc) is 3.12. The van der Waals surface area contributed by atoms with Crippen molar-refractivity contribution in [3.8, 4) is 0 Å². The average molecular weight is 340 g/mol. The molecule has 0 aromatic carbocycles. The molecule has 6 nitrogen and oxygen atoms in total. The Kier molecular flexibility index (Phi) is 4.80. The second-order valence-electron chi connectivity index (χ2n) is 7.19. The first-order valence-electron chi connectivity index (χ1n) is 8.57. The van der Waals surface area contributed by atoms with Crippen LogP contribution in [0, 0.1) is 5.92 Å². The Morgan fingerprint density at radius 3 is 2.70 bits per heavy atom. The quantitative estimate of drug-likeness (QED) is 0.816. The van der Waals surface area contributed by atoms with Crippen LogP contribution in [-0.4, -0.2) is 48.5 Å². The molecule has 0 bridgehead atoms. The molecular formula is C16H28N4O2S. The zero-order chi connectivity index (χ0) is 16.6. The van der Waals surface area contributed by atoms with Gasteiger partial charge in [-0.2, -0.15) is 5.10 Å². The molecule has 23 heavy (non-hydrogen) atoms. The van der Waals surface area contributed by atoms with Crippen LogP contribution in [0.15, 0.2) is 6.20 Å². The van der Waals surface area contributed by atoms with Crippen molar-refractivity contribution in [1.29, 1.82) is 0 Å². The molecule has 0 amide bonds. The van der Waals surface area contributed by atoms with Crippen molar-refractivity contribution in [2.75, 3.05) is 19.3 Å². The highest BCUT2D eigenvalue weighted by molar-refractivity contribution is 7.88. The number of nitrogens with zero attached hydrogens (tertiary/aromatic N) is 3. The summed E-state index contributed by atoms with van der Waals surface area (Å²) in [5, 5.41) is 4.43. The molecule has 3 rings (SSSR count). The van der Waals surface area contributed by atoms with Crippen molar-refractivity contribution in [2.24, 2.45) is 13.0 Å². The fraction of sp³-hybridized carbons (Fsp3) is 0.812. The van der Waals surface area contributed by atoms with Crippen LogP contribution in [0.4, 0.5) is 0 Å². The molecule has 1 N–H and O–H groups in total. The molecule has 1 saturated heterocycles. The second-order valence-corrected chi connectivity index (χ2v) is 8.97. The number of aryl methyl sites for hydroxylation is 1. The van der Waals surface area contributed by atoms with Gasteiger partial charge in [-0.1, -0.05) is 13.3 Å². The molecule has 2 aliphatic rings. The summed E-state index contributed by atoms with van der Waals surface area (Å²) in [6.07, 6.45) is 7.92. The fourth-order valence-electron chi connectivity index (χ4n) is 3.90. The van der Waals surface area contributed by atoms with Crippen LogP contribution >= 0.6 is 0 Å². The Hall–Kier alpha value is -0.920. The maximum Gasteiger partial charge on any atom is 0.209 e. The van der Waals surface area contributed by atoms with E-state index in [1.54, 1.807) is 0 Å². The molecule has 1 aliphatic carbocycles. The fourth-order valence-corrected chi connectivity index (χ4v) is 4.72. The molecular weight excluding hydrogens is 312 g/mol. The summed E-state index contributed by atoms with van der Waals surface area (Å²) in [6.45, 7) is 4.78. The lowest BCUT2D eigenvalue weighted by molar-refractivity contribution is 0.311. The highest BCUT2D eigenvalue weighted by Gasteiger charge is 2.35. The van der Waals surface area contributed by atoms with Gasteiger partial charge in [0.25, 0.3) is 0 Å². The molecule has 7 heteroatoms. The van der Waals surface area contributed by atoms with E-state index in [2.05, 4.69) is 21.6 Å². The van der Waals surface area contributed by atoms with E-state index in [-0.39, 0.29) is 6.04 Å². The maximum absolute atomic E-state index is 11.6. The first-order valence-corrected chi connectivity index (χ1v) is 10.5. The summed E-state index contributed by atoms with van der Waals surface area (Å²) in [5.74, 6) is 1.08. The summed E-state index contributed by atoms with van der Waals surface area (Å²) in [5.41, 5.74) is 2.68. The molecule has 2 heterocycles. The van der Waals surface area contributed by atoms with Crippen molar-refractivity contribution >= 4 is 10.0 Å². The first kappa shape index (κ1) is 16.9. The Morgan fingerprint density at radius 1 is 1.35 bits per heavy atom. The molecule has 1 aromatic heterocycles. The van der Waals surface area contributed by atoms with E-state index in [0.717, 1.165) is 32.5 Å². The Labute approximate surface area is 139 Å². The minimum Gasteiger partial charge on any atom is -0.297 e. The topological polar surface area (TPSA) is 67.2 Å². The van der Waals surface area contributed by atoms with Gasteiger partial charge < -0.3 is 0 Å². The van der Waals surface area contributed by atoms with E-state index in [9.17, 15) is 8.42 Å². The summed E-state index contributed by atoms with van der Waals surface area (Å²) in [4.78, 5) is 2.38. The van der Waals surface area contributed by atoms with Crippen LogP contribution in [0.25, 0.3) is 0 Å². The van der Waals surface area contributed by atoms with Crippen LogP contribution in [0.5, 0.6) is 0 Å². The Balaban J connectivity index is 1.69. The lowest BCUT2D eigenvalue weighted by Gasteiger charge is -2.17. The number of hydrogen-bond acceptors (Lipinski definition) is 4. The van der Waals surface area contributed by atoms with Crippen molar-refractivity contribution < 1.29 is 8.42 Å². The normalized spacial score (nSPS) is 26.0. The second kappa shape index (κ2) is 6.53. The third-order valence-corrected chi connectivity index (χ3v) is 5.69. The summed E-state index contributed by atoms with van der Waals surface area (Å²) >= 11 is 0. The molecule has 130 valence electrons. The van der Waals surface area contributed by atoms with Gasteiger partial charge in [0.2, 0.25) is 10.0 Å². The van der Waals surface area contributed by atoms with E-state index in [1.807, 2.05) is 17.9 Å². The van der Waals surface area contributed by atoms with Crippen LogP contribution in [-0.2, 0) is 23.6 Å². The van der Waals surface area contributed by atoms with Gasteiger partial charge in [-0.3, -0.25) is 9.58 Å². The van der Waals surface area contributed by atoms with Crippen LogP contribution in [0.2, 0.25) is 0 Å². The molecule has 0 unspecified atom stereocenters. The van der Waals surface area contributed by atoms with Crippen molar-refractivity contribution in [3.05, 3.63) is 17.5 Å². The molecule has 1 aromatic rings. The van der Waals surface area contributed by atoms with E-state index < -0.39 is 10.0 Å². The zero-order valence-corrected chi connectivity index (χ0v) is 15.1. The molecule has 0 radical (unpaired) electrons. The smallest absolute Gasteiger partial charge is 0.209 e. The number of aromatic nitrogens is 2. The van der Waals surface area contributed by atoms with Gasteiger partial charge in [0, 0.05) is 49.9 Å². The molecule has 2 atom stereocenters. The molecule has 1 aliphatic heterocycles. The van der Waals surface area contributed by atoms with Gasteiger partial charge >= 0.3 is 0 Å². The van der Waals surface area contributed by atoms with Crippen LogP contribution in [0.3, 0.4) is 0 Å². The zero-order valence-electron chi connectivity index (χ0n) is 14.3. The van der Waals surface area contributed by atoms with Gasteiger partial charge in [0.05, 0.1) is 12.5 Å². The van der Waals surface area contributed by atoms with E-state index in [0.29, 0.717) is 11.8 Å².